The Hall–Kier alpha value is -2.50. The summed E-state index contributed by atoms with van der Waals surface area (Å²) in [5, 5.41) is 10.8. The summed E-state index contributed by atoms with van der Waals surface area (Å²) in [6, 6.07) is 11.0. The third-order valence-corrected chi connectivity index (χ3v) is 4.33. The van der Waals surface area contributed by atoms with Crippen LogP contribution < -0.4 is 9.64 Å². The smallest absolute Gasteiger partial charge is 0.301 e. The quantitative estimate of drug-likeness (QED) is 0.720. The normalized spacial score (nSPS) is 14.5. The molecule has 140 valence electrons. The summed E-state index contributed by atoms with van der Waals surface area (Å²) in [6.07, 6.45) is 0. The highest BCUT2D eigenvalue weighted by Crippen LogP contribution is 2.34. The second-order valence-electron chi connectivity index (χ2n) is 6.53. The van der Waals surface area contributed by atoms with Crippen molar-refractivity contribution in [3.8, 4) is 5.75 Å². The molecule has 0 bridgehead atoms. The first-order chi connectivity index (χ1) is 12.8. The number of aliphatic hydroxyl groups is 1. The fourth-order valence-corrected chi connectivity index (χ4v) is 3.18. The van der Waals surface area contributed by atoms with Crippen LogP contribution in [0.5, 0.6) is 5.75 Å². The highest BCUT2D eigenvalue weighted by Gasteiger charge is 2.40. The molecular weight excluding hydrogens is 389 g/mol. The van der Waals surface area contributed by atoms with Crippen molar-refractivity contribution in [2.24, 2.45) is 5.92 Å². The van der Waals surface area contributed by atoms with Crippen molar-refractivity contribution in [3.63, 3.8) is 0 Å². The van der Waals surface area contributed by atoms with E-state index < -0.39 is 17.6 Å². The van der Waals surface area contributed by atoms with Gasteiger partial charge in [-0.2, -0.15) is 0 Å². The molecule has 2 aromatic rings. The molecule has 1 heterocycles. The molecule has 27 heavy (non-hydrogen) atoms. The Labute approximate surface area is 166 Å². The van der Waals surface area contributed by atoms with E-state index in [1.54, 1.807) is 24.3 Å². The second-order valence-corrected chi connectivity index (χ2v) is 7.40. The van der Waals surface area contributed by atoms with Gasteiger partial charge in [0.05, 0.1) is 17.9 Å². The van der Waals surface area contributed by atoms with Crippen LogP contribution in [-0.2, 0) is 9.59 Å². The number of anilines is 1. The molecule has 0 saturated carbocycles. The number of hydrogen-bond donors (Lipinski definition) is 1. The van der Waals surface area contributed by atoms with Gasteiger partial charge in [0.15, 0.2) is 5.76 Å². The van der Waals surface area contributed by atoms with Gasteiger partial charge in [0.25, 0.3) is 5.91 Å². The zero-order valence-electron chi connectivity index (χ0n) is 14.7. The number of aliphatic hydroxyl groups excluding tert-OH is 1. The zero-order valence-corrected chi connectivity index (χ0v) is 16.2. The van der Waals surface area contributed by atoms with Crippen LogP contribution in [0.3, 0.4) is 0 Å². The summed E-state index contributed by atoms with van der Waals surface area (Å²) in [5.41, 5.74) is 0.533. The molecule has 2 aromatic carbocycles. The lowest BCUT2D eigenvalue weighted by molar-refractivity contribution is -0.121. The number of carbonyl (C=O) groups is 2. The molecule has 1 aliphatic heterocycles. The number of benzene rings is 2. The van der Waals surface area contributed by atoms with Crippen LogP contribution in [0.15, 0.2) is 48.2 Å². The minimum absolute atomic E-state index is 0.0773. The highest BCUT2D eigenvalue weighted by atomic mass is 35.5. The van der Waals surface area contributed by atoms with E-state index >= 15 is 0 Å². The van der Waals surface area contributed by atoms with Gasteiger partial charge in [-0.25, -0.2) is 4.90 Å². The topological polar surface area (TPSA) is 66.8 Å². The van der Waals surface area contributed by atoms with Crippen LogP contribution in [0, 0.1) is 5.92 Å². The number of carbonyl (C=O) groups excluding carboxylic acids is 2. The molecule has 3 rings (SSSR count). The first kappa shape index (κ1) is 19.3. The summed E-state index contributed by atoms with van der Waals surface area (Å²) in [7, 11) is 0. The number of rotatable bonds is 5. The van der Waals surface area contributed by atoms with E-state index in [0.717, 1.165) is 4.90 Å². The molecule has 0 saturated heterocycles. The van der Waals surface area contributed by atoms with Crippen LogP contribution in [-0.4, -0.2) is 23.5 Å². The Morgan fingerprint density at radius 3 is 2.15 bits per heavy atom. The molecule has 2 amide bonds. The molecule has 1 aliphatic rings. The van der Waals surface area contributed by atoms with Crippen LogP contribution in [0.1, 0.15) is 19.4 Å². The van der Waals surface area contributed by atoms with Crippen molar-refractivity contribution in [3.05, 3.63) is 63.8 Å². The van der Waals surface area contributed by atoms with Crippen LogP contribution in [0.4, 0.5) is 5.69 Å². The Morgan fingerprint density at radius 1 is 1.00 bits per heavy atom. The average molecular weight is 406 g/mol. The maximum absolute atomic E-state index is 12.8. The van der Waals surface area contributed by atoms with Crippen molar-refractivity contribution in [2.45, 2.75) is 13.8 Å². The fourth-order valence-electron chi connectivity index (χ4n) is 2.66. The standard InChI is InChI=1S/C20H17Cl2NO4/c1-11(2)10-27-16-5-3-12(4-6-16)17-18(24)20(26)23(19(17)25)15-8-13(21)7-14(22)9-15/h3-9,11,24H,10H2,1-2H3. The molecule has 0 fully saturated rings. The van der Waals surface area contributed by atoms with Crippen molar-refractivity contribution < 1.29 is 19.4 Å². The Balaban J connectivity index is 1.90. The van der Waals surface area contributed by atoms with E-state index in [9.17, 15) is 14.7 Å². The highest BCUT2D eigenvalue weighted by molar-refractivity contribution is 6.45. The Kier molecular flexibility index (Phi) is 5.44. The monoisotopic (exact) mass is 405 g/mol. The number of halogens is 2. The van der Waals surface area contributed by atoms with Crippen molar-refractivity contribution in [1.29, 1.82) is 0 Å². The first-order valence-electron chi connectivity index (χ1n) is 8.29. The van der Waals surface area contributed by atoms with E-state index in [1.165, 1.54) is 18.2 Å². The number of nitrogens with zero attached hydrogens (tertiary/aromatic N) is 1. The van der Waals surface area contributed by atoms with E-state index in [-0.39, 0.29) is 21.3 Å². The maximum atomic E-state index is 12.8. The summed E-state index contributed by atoms with van der Waals surface area (Å²) < 4.78 is 5.61. The van der Waals surface area contributed by atoms with Gasteiger partial charge in [0.2, 0.25) is 0 Å². The minimum Gasteiger partial charge on any atom is -0.502 e. The van der Waals surface area contributed by atoms with Crippen LogP contribution >= 0.6 is 23.2 Å². The SMILES string of the molecule is CC(C)COc1ccc(C2=C(O)C(=O)N(c3cc(Cl)cc(Cl)c3)C2=O)cc1. The number of ether oxygens (including phenoxy) is 1. The van der Waals surface area contributed by atoms with Gasteiger partial charge in [-0.05, 0) is 41.8 Å². The molecule has 0 spiro atoms. The van der Waals surface area contributed by atoms with E-state index in [4.69, 9.17) is 27.9 Å². The van der Waals surface area contributed by atoms with Crippen molar-refractivity contribution in [1.82, 2.24) is 0 Å². The second kappa shape index (κ2) is 7.62. The number of imide groups is 1. The number of amides is 2. The van der Waals surface area contributed by atoms with Crippen molar-refractivity contribution in [2.75, 3.05) is 11.5 Å². The lowest BCUT2D eigenvalue weighted by atomic mass is 10.1. The van der Waals surface area contributed by atoms with Gasteiger partial charge >= 0.3 is 5.91 Å². The molecule has 0 atom stereocenters. The summed E-state index contributed by atoms with van der Waals surface area (Å²) in [6.45, 7) is 4.64. The van der Waals surface area contributed by atoms with Crippen molar-refractivity contribution >= 4 is 46.3 Å². The van der Waals surface area contributed by atoms with Gasteiger partial charge in [0.1, 0.15) is 5.75 Å². The Morgan fingerprint density at radius 2 is 1.59 bits per heavy atom. The summed E-state index contributed by atoms with van der Waals surface area (Å²) >= 11 is 11.9. The molecule has 0 radical (unpaired) electrons. The van der Waals surface area contributed by atoms with Crippen LogP contribution in [0.2, 0.25) is 10.0 Å². The van der Waals surface area contributed by atoms with E-state index in [2.05, 4.69) is 0 Å². The minimum atomic E-state index is -0.825. The zero-order chi connectivity index (χ0) is 19.7. The maximum Gasteiger partial charge on any atom is 0.301 e. The molecule has 1 N–H and O–H groups in total. The predicted octanol–water partition coefficient (Wildman–Crippen LogP) is 4.87. The fraction of sp³-hybridized carbons (Fsp3) is 0.200. The van der Waals surface area contributed by atoms with E-state index in [0.29, 0.717) is 23.8 Å². The third kappa shape index (κ3) is 3.94. The van der Waals surface area contributed by atoms with Crippen LogP contribution in [0.25, 0.3) is 5.57 Å². The molecule has 0 aromatic heterocycles. The largest absolute Gasteiger partial charge is 0.502 e. The molecule has 5 nitrogen and oxygen atoms in total. The van der Waals surface area contributed by atoms with Gasteiger partial charge in [-0.3, -0.25) is 9.59 Å². The molecule has 0 aliphatic carbocycles. The molecular formula is C20H17Cl2NO4. The molecule has 0 unspecified atom stereocenters. The van der Waals surface area contributed by atoms with E-state index in [1.807, 2.05) is 13.8 Å². The summed E-state index contributed by atoms with van der Waals surface area (Å²) in [5.74, 6) is -1.07. The average Bonchev–Trinajstić information content (AvgIpc) is 2.82. The van der Waals surface area contributed by atoms with Gasteiger partial charge in [-0.15, -0.1) is 0 Å². The molecule has 7 heteroatoms. The van der Waals surface area contributed by atoms with Gasteiger partial charge in [-0.1, -0.05) is 49.2 Å². The first-order valence-corrected chi connectivity index (χ1v) is 9.05. The van der Waals surface area contributed by atoms with Gasteiger partial charge < -0.3 is 9.84 Å². The number of hydrogen-bond acceptors (Lipinski definition) is 4. The summed E-state index contributed by atoms with van der Waals surface area (Å²) in [4.78, 5) is 26.1. The lowest BCUT2D eigenvalue weighted by Crippen LogP contribution is -2.31. The lowest BCUT2D eigenvalue weighted by Gasteiger charge is -2.15. The Bertz CT molecular complexity index is 915. The van der Waals surface area contributed by atoms with Gasteiger partial charge in [0, 0.05) is 10.0 Å². The predicted molar refractivity (Wildman–Crippen MR) is 105 cm³/mol. The third-order valence-electron chi connectivity index (χ3n) is 3.89.